The molecule has 2 saturated heterocycles. The van der Waals surface area contributed by atoms with Gasteiger partial charge in [-0.1, -0.05) is 35.5 Å². The van der Waals surface area contributed by atoms with Crippen molar-refractivity contribution < 1.29 is 48.3 Å². The van der Waals surface area contributed by atoms with E-state index in [0.29, 0.717) is 11.5 Å². The summed E-state index contributed by atoms with van der Waals surface area (Å²) in [5, 5.41) is 45.6. The predicted molar refractivity (Wildman–Crippen MR) is 232 cm³/mol. The molecule has 2 aliphatic rings. The Balaban J connectivity index is 0.000000183. The van der Waals surface area contributed by atoms with E-state index < -0.39 is 23.4 Å². The lowest BCUT2D eigenvalue weighted by molar-refractivity contribution is -0.159. The number of halogens is 2. The van der Waals surface area contributed by atoms with Crippen molar-refractivity contribution in [1.29, 1.82) is 0 Å². The number of anilines is 2. The van der Waals surface area contributed by atoms with E-state index in [4.69, 9.17) is 29.3 Å². The molecule has 8 rings (SSSR count). The number of carboxylic acids is 2. The Labute approximate surface area is 363 Å². The molecule has 6 N–H and O–H groups in total. The molecule has 0 spiro atoms. The number of hydrogen-bond acceptors (Lipinski definition) is 16. The number of fused-ring (bicyclic) bond motifs is 2. The van der Waals surface area contributed by atoms with Crippen LogP contribution in [-0.2, 0) is 9.59 Å². The van der Waals surface area contributed by atoms with E-state index in [1.807, 2.05) is 12.1 Å². The SMILES string of the molecule is O=C(O)C(=O)O.OC(CNc1nc2cnccc2s1)(COc1ccc(F)cc1)N1CCCCC1.OC(CNc1nc2cnccc2s1)(COc1ccc(F)cc1)N1CCCCC1. The average Bonchev–Trinajstić information content (AvgIpc) is 3.92. The molecule has 2 aliphatic heterocycles. The molecule has 0 amide bonds. The highest BCUT2D eigenvalue weighted by Crippen LogP contribution is 2.29. The van der Waals surface area contributed by atoms with Crippen LogP contribution >= 0.6 is 22.7 Å². The molecule has 330 valence electrons. The van der Waals surface area contributed by atoms with Crippen LogP contribution in [0, 0.1) is 11.6 Å². The van der Waals surface area contributed by atoms with Crippen LogP contribution in [0.25, 0.3) is 20.4 Å². The highest BCUT2D eigenvalue weighted by molar-refractivity contribution is 7.22. The van der Waals surface area contributed by atoms with Crippen molar-refractivity contribution in [2.24, 2.45) is 0 Å². The summed E-state index contributed by atoms with van der Waals surface area (Å²) in [6, 6.07) is 15.5. The summed E-state index contributed by atoms with van der Waals surface area (Å²) in [5.74, 6) is -3.22. The highest BCUT2D eigenvalue weighted by atomic mass is 32.1. The zero-order valence-corrected chi connectivity index (χ0v) is 35.3. The summed E-state index contributed by atoms with van der Waals surface area (Å²) in [6.45, 7) is 3.98. The third-order valence-electron chi connectivity index (χ3n) is 10.1. The fourth-order valence-corrected chi connectivity index (χ4v) is 8.39. The van der Waals surface area contributed by atoms with Crippen molar-refractivity contribution in [3.63, 3.8) is 0 Å². The number of carbonyl (C=O) groups is 2. The Morgan fingerprint density at radius 2 is 0.984 bits per heavy atom. The maximum atomic E-state index is 13.1. The van der Waals surface area contributed by atoms with Crippen molar-refractivity contribution in [3.8, 4) is 11.5 Å². The molecule has 0 bridgehead atoms. The average molecular weight is 895 g/mol. The molecule has 4 aromatic heterocycles. The molecular weight excluding hydrogens is 847 g/mol. The molecule has 2 fully saturated rings. The van der Waals surface area contributed by atoms with Gasteiger partial charge in [0.2, 0.25) is 0 Å². The number of hydrogen-bond donors (Lipinski definition) is 6. The Kier molecular flexibility index (Phi) is 16.2. The minimum Gasteiger partial charge on any atom is -0.489 e. The molecular formula is C42H48F2N8O8S2. The topological polar surface area (TPSA) is 216 Å². The number of rotatable bonds is 14. The summed E-state index contributed by atoms with van der Waals surface area (Å²) < 4.78 is 39.9. The van der Waals surface area contributed by atoms with E-state index in [1.165, 1.54) is 59.8 Å². The Hall–Kier alpha value is -5.64. The minimum atomic E-state index is -1.82. The first-order chi connectivity index (χ1) is 29.9. The second kappa shape index (κ2) is 21.9. The standard InChI is InChI=1S/2C20H23FN4O2S.C2H2O4/c2*21-15-4-6-16(7-5-15)27-14-20(26,25-10-2-1-3-11-25)13-23-19-24-17-12-22-9-8-18(17)28-19;3-1(4)2(5)6/h2*4-9,12,26H,1-3,10-11,13-14H2,(H,23,24);(H,3,4)(H,5,6). The lowest BCUT2D eigenvalue weighted by Gasteiger charge is -2.41. The first-order valence-electron chi connectivity index (χ1n) is 20.0. The molecule has 2 aromatic carbocycles. The highest BCUT2D eigenvalue weighted by Gasteiger charge is 2.38. The number of benzene rings is 2. The second-order valence-electron chi connectivity index (χ2n) is 14.6. The van der Waals surface area contributed by atoms with Crippen molar-refractivity contribution in [2.45, 2.75) is 50.0 Å². The van der Waals surface area contributed by atoms with E-state index in [1.54, 1.807) is 49.1 Å². The van der Waals surface area contributed by atoms with Gasteiger partial charge in [0.1, 0.15) is 47.4 Å². The molecule has 62 heavy (non-hydrogen) atoms. The number of pyridine rings is 2. The van der Waals surface area contributed by atoms with Crippen LogP contribution in [0.3, 0.4) is 0 Å². The van der Waals surface area contributed by atoms with Crippen molar-refractivity contribution in [3.05, 3.63) is 97.1 Å². The third-order valence-corrected chi connectivity index (χ3v) is 12.1. The fourth-order valence-electron chi connectivity index (χ4n) is 6.73. The molecule has 2 atom stereocenters. The number of likely N-dealkylation sites (tertiary alicyclic amines) is 2. The number of aromatic nitrogens is 4. The number of thiazole rings is 2. The number of carboxylic acid groups (broad SMARTS) is 2. The maximum Gasteiger partial charge on any atom is 0.414 e. The Bertz CT molecular complexity index is 2120. The number of nitrogens with zero attached hydrogens (tertiary/aromatic N) is 6. The van der Waals surface area contributed by atoms with Crippen LogP contribution in [-0.4, -0.2) is 126 Å². The van der Waals surface area contributed by atoms with Gasteiger partial charge in [-0.05, 0) is 86.3 Å². The van der Waals surface area contributed by atoms with Crippen molar-refractivity contribution in [2.75, 3.05) is 63.1 Å². The molecule has 0 saturated carbocycles. The van der Waals surface area contributed by atoms with Gasteiger partial charge in [0.05, 0.1) is 34.9 Å². The molecule has 2 unspecified atom stereocenters. The molecule has 20 heteroatoms. The maximum absolute atomic E-state index is 13.1. The van der Waals surface area contributed by atoms with Gasteiger partial charge in [-0.2, -0.15) is 0 Å². The van der Waals surface area contributed by atoms with Gasteiger partial charge in [-0.25, -0.2) is 28.3 Å². The molecule has 6 aromatic rings. The van der Waals surface area contributed by atoms with Crippen molar-refractivity contribution >= 4 is 65.3 Å². The first-order valence-corrected chi connectivity index (χ1v) is 21.6. The summed E-state index contributed by atoms with van der Waals surface area (Å²) in [5.41, 5.74) is -0.714. The zero-order valence-electron chi connectivity index (χ0n) is 33.7. The first kappa shape index (κ1) is 45.9. The van der Waals surface area contributed by atoms with Gasteiger partial charge in [-0.3, -0.25) is 19.8 Å². The van der Waals surface area contributed by atoms with Crippen LogP contribution in [0.2, 0.25) is 0 Å². The second-order valence-corrected chi connectivity index (χ2v) is 16.6. The predicted octanol–water partition coefficient (Wildman–Crippen LogP) is 6.15. The minimum absolute atomic E-state index is 0.0814. The normalized spacial score (nSPS) is 16.4. The van der Waals surface area contributed by atoms with Gasteiger partial charge >= 0.3 is 11.9 Å². The van der Waals surface area contributed by atoms with Crippen molar-refractivity contribution in [1.82, 2.24) is 29.7 Å². The summed E-state index contributed by atoms with van der Waals surface area (Å²) in [4.78, 5) is 39.5. The van der Waals surface area contributed by atoms with Crippen LogP contribution in [0.5, 0.6) is 11.5 Å². The summed E-state index contributed by atoms with van der Waals surface area (Å²) >= 11 is 3.05. The fraction of sp³-hybridized carbons (Fsp3) is 0.381. The van der Waals surface area contributed by atoms with Crippen LogP contribution in [0.1, 0.15) is 38.5 Å². The van der Waals surface area contributed by atoms with E-state index >= 15 is 0 Å². The van der Waals surface area contributed by atoms with Crippen LogP contribution in [0.4, 0.5) is 19.0 Å². The van der Waals surface area contributed by atoms with Crippen LogP contribution < -0.4 is 20.1 Å². The van der Waals surface area contributed by atoms with E-state index in [2.05, 4.69) is 40.4 Å². The lowest BCUT2D eigenvalue weighted by atomic mass is 10.1. The monoisotopic (exact) mass is 894 g/mol. The zero-order chi connectivity index (χ0) is 44.0. The van der Waals surface area contributed by atoms with Gasteiger partial charge in [0, 0.05) is 38.6 Å². The largest absolute Gasteiger partial charge is 0.489 e. The quantitative estimate of drug-likeness (QED) is 0.0677. The van der Waals surface area contributed by atoms with Gasteiger partial charge < -0.3 is 40.5 Å². The lowest BCUT2D eigenvalue weighted by Crippen LogP contribution is -2.58. The van der Waals surface area contributed by atoms with E-state index in [0.717, 1.165) is 82.6 Å². The van der Waals surface area contributed by atoms with E-state index in [-0.39, 0.29) is 37.9 Å². The molecule has 6 heterocycles. The van der Waals surface area contributed by atoms with Gasteiger partial charge in [0.15, 0.2) is 21.7 Å². The van der Waals surface area contributed by atoms with Gasteiger partial charge in [0.25, 0.3) is 0 Å². The summed E-state index contributed by atoms with van der Waals surface area (Å²) in [7, 11) is 0. The molecule has 16 nitrogen and oxygen atoms in total. The number of aliphatic carboxylic acids is 2. The summed E-state index contributed by atoms with van der Waals surface area (Å²) in [6.07, 6.45) is 13.5. The number of aliphatic hydroxyl groups is 2. The van der Waals surface area contributed by atoms with Gasteiger partial charge in [-0.15, -0.1) is 0 Å². The number of ether oxygens (including phenoxy) is 2. The molecule has 0 aliphatic carbocycles. The molecule has 0 radical (unpaired) electrons. The smallest absolute Gasteiger partial charge is 0.414 e. The number of nitrogens with one attached hydrogen (secondary N) is 2. The Morgan fingerprint density at radius 1 is 0.613 bits per heavy atom. The van der Waals surface area contributed by atoms with E-state index in [9.17, 15) is 19.0 Å². The van der Waals surface area contributed by atoms with Crippen LogP contribution in [0.15, 0.2) is 85.5 Å². The Morgan fingerprint density at radius 3 is 1.32 bits per heavy atom. The third kappa shape index (κ3) is 13.2. The number of piperidine rings is 2.